The van der Waals surface area contributed by atoms with Crippen molar-refractivity contribution in [1.29, 1.82) is 0 Å². The lowest BCUT2D eigenvalue weighted by Crippen LogP contribution is -2.40. The van der Waals surface area contributed by atoms with Gasteiger partial charge in [0.05, 0.1) is 6.04 Å². The summed E-state index contributed by atoms with van der Waals surface area (Å²) in [6, 6.07) is 4.12. The van der Waals surface area contributed by atoms with Crippen LogP contribution < -0.4 is 10.6 Å². The average molecular weight is 320 g/mol. The fourth-order valence-corrected chi connectivity index (χ4v) is 3.14. The van der Waals surface area contributed by atoms with Gasteiger partial charge < -0.3 is 20.0 Å². The number of hydrogen-bond donors (Lipinski definition) is 2. The number of piperidine rings is 1. The number of nitrogens with one attached hydrogen (secondary N) is 2. The highest BCUT2D eigenvalue weighted by Gasteiger charge is 2.18. The summed E-state index contributed by atoms with van der Waals surface area (Å²) < 4.78 is 5.66. The molecule has 1 aliphatic heterocycles. The monoisotopic (exact) mass is 320 g/mol. The van der Waals surface area contributed by atoms with Gasteiger partial charge >= 0.3 is 0 Å². The van der Waals surface area contributed by atoms with Crippen molar-refractivity contribution in [2.75, 3.05) is 33.2 Å². The largest absolute Gasteiger partial charge is 0.464 e. The molecular weight excluding hydrogens is 288 g/mol. The van der Waals surface area contributed by atoms with E-state index in [4.69, 9.17) is 4.42 Å². The molecule has 0 radical (unpaired) electrons. The normalized spacial score (nSPS) is 18.9. The summed E-state index contributed by atoms with van der Waals surface area (Å²) in [7, 11) is 1.81. The smallest absolute Gasteiger partial charge is 0.191 e. The highest BCUT2D eigenvalue weighted by molar-refractivity contribution is 5.79. The summed E-state index contributed by atoms with van der Waals surface area (Å²) in [5, 5.41) is 6.82. The van der Waals surface area contributed by atoms with Gasteiger partial charge in [0.25, 0.3) is 0 Å². The number of hydrogen-bond acceptors (Lipinski definition) is 3. The van der Waals surface area contributed by atoms with E-state index in [1.54, 1.807) is 0 Å². The van der Waals surface area contributed by atoms with Gasteiger partial charge in [0.2, 0.25) is 0 Å². The Balaban J connectivity index is 1.69. The van der Waals surface area contributed by atoms with Gasteiger partial charge in [-0.1, -0.05) is 6.92 Å². The van der Waals surface area contributed by atoms with Crippen LogP contribution in [-0.2, 0) is 0 Å². The van der Waals surface area contributed by atoms with Crippen molar-refractivity contribution in [3.8, 4) is 0 Å². The van der Waals surface area contributed by atoms with Gasteiger partial charge in [-0.15, -0.1) is 0 Å². The number of guanidine groups is 1. The Morgan fingerprint density at radius 2 is 2.13 bits per heavy atom. The maximum atomic E-state index is 5.66. The molecule has 1 atom stereocenters. The van der Waals surface area contributed by atoms with Gasteiger partial charge in [-0.25, -0.2) is 0 Å². The van der Waals surface area contributed by atoms with Crippen molar-refractivity contribution in [3.63, 3.8) is 0 Å². The molecule has 1 aromatic rings. The fraction of sp³-hybridized carbons (Fsp3) is 0.722. The highest BCUT2D eigenvalue weighted by Crippen LogP contribution is 2.19. The van der Waals surface area contributed by atoms with Crippen LogP contribution >= 0.6 is 0 Å². The molecule has 0 bridgehead atoms. The molecule has 0 spiro atoms. The molecule has 5 nitrogen and oxygen atoms in total. The molecule has 1 saturated heterocycles. The number of rotatable bonds is 6. The van der Waals surface area contributed by atoms with E-state index in [0.29, 0.717) is 0 Å². The van der Waals surface area contributed by atoms with Crippen molar-refractivity contribution >= 4 is 5.96 Å². The lowest BCUT2D eigenvalue weighted by Gasteiger charge is -2.31. The second kappa shape index (κ2) is 8.96. The zero-order valence-corrected chi connectivity index (χ0v) is 15.1. The van der Waals surface area contributed by atoms with E-state index >= 15 is 0 Å². The lowest BCUT2D eigenvalue weighted by atomic mass is 9.93. The Morgan fingerprint density at radius 1 is 1.39 bits per heavy atom. The van der Waals surface area contributed by atoms with E-state index in [0.717, 1.165) is 29.9 Å². The molecule has 0 saturated carbocycles. The molecule has 1 unspecified atom stereocenters. The molecule has 0 aromatic carbocycles. The third kappa shape index (κ3) is 5.57. The Labute approximate surface area is 140 Å². The number of aryl methyl sites for hydroxylation is 1. The second-order valence-electron chi connectivity index (χ2n) is 6.48. The molecule has 130 valence electrons. The van der Waals surface area contributed by atoms with E-state index in [2.05, 4.69) is 34.4 Å². The van der Waals surface area contributed by atoms with Gasteiger partial charge in [0.1, 0.15) is 11.5 Å². The molecule has 2 N–H and O–H groups in total. The molecule has 1 aromatic heterocycles. The average Bonchev–Trinajstić information content (AvgIpc) is 3.01. The quantitative estimate of drug-likeness (QED) is 0.625. The van der Waals surface area contributed by atoms with E-state index in [-0.39, 0.29) is 6.04 Å². The van der Waals surface area contributed by atoms with Gasteiger partial charge in [-0.05, 0) is 70.8 Å². The predicted molar refractivity (Wildman–Crippen MR) is 95.8 cm³/mol. The molecule has 5 heteroatoms. The SMILES string of the molecule is CCN1CCC(CCNC(=NC)NC(C)c2ccc(C)o2)CC1. The highest BCUT2D eigenvalue weighted by atomic mass is 16.3. The summed E-state index contributed by atoms with van der Waals surface area (Å²) in [5.41, 5.74) is 0. The molecule has 0 amide bonds. The fourth-order valence-electron chi connectivity index (χ4n) is 3.14. The minimum absolute atomic E-state index is 0.114. The van der Waals surface area contributed by atoms with Crippen LogP contribution in [0.25, 0.3) is 0 Å². The van der Waals surface area contributed by atoms with Crippen molar-refractivity contribution in [2.45, 2.75) is 46.1 Å². The third-order valence-electron chi connectivity index (χ3n) is 4.76. The number of nitrogens with zero attached hydrogens (tertiary/aromatic N) is 2. The Hall–Kier alpha value is -1.49. The van der Waals surface area contributed by atoms with E-state index in [1.807, 2.05) is 26.1 Å². The molecule has 2 heterocycles. The maximum Gasteiger partial charge on any atom is 0.191 e. The predicted octanol–water partition coefficient (Wildman–Crippen LogP) is 2.94. The van der Waals surface area contributed by atoms with E-state index < -0.39 is 0 Å². The summed E-state index contributed by atoms with van der Waals surface area (Å²) in [6.07, 6.45) is 3.86. The molecule has 23 heavy (non-hydrogen) atoms. The van der Waals surface area contributed by atoms with Crippen molar-refractivity contribution < 1.29 is 4.42 Å². The molecular formula is C18H32N4O. The zero-order chi connectivity index (χ0) is 16.7. The molecule has 1 fully saturated rings. The number of likely N-dealkylation sites (tertiary alicyclic amines) is 1. The zero-order valence-electron chi connectivity index (χ0n) is 15.1. The minimum Gasteiger partial charge on any atom is -0.464 e. The van der Waals surface area contributed by atoms with Crippen LogP contribution in [0.5, 0.6) is 0 Å². The van der Waals surface area contributed by atoms with Gasteiger partial charge in [0, 0.05) is 13.6 Å². The summed E-state index contributed by atoms with van der Waals surface area (Å²) in [6.45, 7) is 11.0. The van der Waals surface area contributed by atoms with Crippen LogP contribution in [-0.4, -0.2) is 44.1 Å². The van der Waals surface area contributed by atoms with Crippen LogP contribution in [0.4, 0.5) is 0 Å². The summed E-state index contributed by atoms with van der Waals surface area (Å²) >= 11 is 0. The first-order valence-electron chi connectivity index (χ1n) is 8.88. The van der Waals surface area contributed by atoms with Crippen LogP contribution in [0, 0.1) is 12.8 Å². The van der Waals surface area contributed by atoms with Crippen molar-refractivity contribution in [3.05, 3.63) is 23.7 Å². The minimum atomic E-state index is 0.114. The van der Waals surface area contributed by atoms with Crippen LogP contribution in [0.15, 0.2) is 21.5 Å². The summed E-state index contributed by atoms with van der Waals surface area (Å²) in [5.74, 6) is 3.57. The number of aliphatic imine (C=N–C) groups is 1. The first kappa shape index (κ1) is 17.9. The van der Waals surface area contributed by atoms with Gasteiger partial charge in [-0.3, -0.25) is 4.99 Å². The Kier molecular flexibility index (Phi) is 6.96. The first-order valence-corrected chi connectivity index (χ1v) is 8.88. The molecule has 1 aliphatic rings. The Morgan fingerprint density at radius 3 is 2.70 bits per heavy atom. The van der Waals surface area contributed by atoms with Crippen LogP contribution in [0.1, 0.15) is 50.7 Å². The maximum absolute atomic E-state index is 5.66. The third-order valence-corrected chi connectivity index (χ3v) is 4.76. The van der Waals surface area contributed by atoms with Crippen molar-refractivity contribution in [1.82, 2.24) is 15.5 Å². The van der Waals surface area contributed by atoms with Gasteiger partial charge in [0.15, 0.2) is 5.96 Å². The standard InChI is InChI=1S/C18H32N4O/c1-5-22-12-9-16(10-13-22)8-11-20-18(19-4)21-15(3)17-7-6-14(2)23-17/h6-7,15-16H,5,8-13H2,1-4H3,(H2,19,20,21). The molecule has 0 aliphatic carbocycles. The van der Waals surface area contributed by atoms with Crippen molar-refractivity contribution in [2.24, 2.45) is 10.9 Å². The van der Waals surface area contributed by atoms with Crippen LogP contribution in [0.3, 0.4) is 0 Å². The van der Waals surface area contributed by atoms with Gasteiger partial charge in [-0.2, -0.15) is 0 Å². The number of furan rings is 1. The lowest BCUT2D eigenvalue weighted by molar-refractivity contribution is 0.187. The Bertz CT molecular complexity index is 489. The van der Waals surface area contributed by atoms with E-state index in [9.17, 15) is 0 Å². The second-order valence-corrected chi connectivity index (χ2v) is 6.48. The molecule has 2 rings (SSSR count). The summed E-state index contributed by atoms with van der Waals surface area (Å²) in [4.78, 5) is 6.85. The van der Waals surface area contributed by atoms with Crippen LogP contribution in [0.2, 0.25) is 0 Å². The first-order chi connectivity index (χ1) is 11.1. The van der Waals surface area contributed by atoms with E-state index in [1.165, 1.54) is 38.9 Å². The topological polar surface area (TPSA) is 52.8 Å².